The number of carbonyl (C=O) groups is 1. The van der Waals surface area contributed by atoms with Gasteiger partial charge in [0.1, 0.15) is 6.54 Å². The molecule has 5 nitrogen and oxygen atoms in total. The van der Waals surface area contributed by atoms with Gasteiger partial charge in [0, 0.05) is 18.6 Å². The Balaban J connectivity index is 0.00000144. The highest BCUT2D eigenvalue weighted by atomic mass is 35.5. The smallest absolute Gasteiger partial charge is 0.322 e. The van der Waals surface area contributed by atoms with Crippen LogP contribution in [0.5, 0.6) is 0 Å². The molecule has 1 rings (SSSR count). The van der Waals surface area contributed by atoms with Crippen molar-refractivity contribution in [3.8, 4) is 6.07 Å². The van der Waals surface area contributed by atoms with Crippen molar-refractivity contribution >= 4 is 24.7 Å². The van der Waals surface area contributed by atoms with Crippen molar-refractivity contribution in [3.05, 3.63) is 12.4 Å². The summed E-state index contributed by atoms with van der Waals surface area (Å²) in [6.45, 7) is 0.480. The molecule has 1 N–H and O–H groups in total. The first-order valence-electron chi connectivity index (χ1n) is 3.44. The van der Waals surface area contributed by atoms with Crippen molar-refractivity contribution in [2.75, 3.05) is 13.1 Å². The van der Waals surface area contributed by atoms with E-state index in [2.05, 4.69) is 10.3 Å². The van der Waals surface area contributed by atoms with E-state index < -0.39 is 0 Å². The lowest BCUT2D eigenvalue weighted by Crippen LogP contribution is -2.38. The van der Waals surface area contributed by atoms with Gasteiger partial charge < -0.3 is 5.32 Å². The lowest BCUT2D eigenvalue weighted by atomic mass is 10.5. The molecule has 0 saturated carbocycles. The van der Waals surface area contributed by atoms with Gasteiger partial charge >= 0.3 is 6.03 Å². The molecule has 0 unspecified atom stereocenters. The van der Waals surface area contributed by atoms with Crippen molar-refractivity contribution in [3.63, 3.8) is 0 Å². The summed E-state index contributed by atoms with van der Waals surface area (Å²) in [7, 11) is 0. The van der Waals surface area contributed by atoms with Gasteiger partial charge in [-0.05, 0) is 0 Å². The number of nitrogens with one attached hydrogen (secondary N) is 1. The summed E-state index contributed by atoms with van der Waals surface area (Å²) < 4.78 is 0. The van der Waals surface area contributed by atoms with Crippen molar-refractivity contribution in [1.29, 1.82) is 5.26 Å². The number of hydrogen-bond donors (Lipinski definition) is 1. The normalized spacial score (nSPS) is 13.0. The zero-order valence-electron chi connectivity index (χ0n) is 6.80. The second-order valence-corrected chi connectivity index (χ2v) is 2.10. The number of nitriles is 1. The van der Waals surface area contributed by atoms with Crippen molar-refractivity contribution < 1.29 is 4.79 Å². The van der Waals surface area contributed by atoms with Crippen LogP contribution in [-0.2, 0) is 0 Å². The van der Waals surface area contributed by atoms with Crippen molar-refractivity contribution in [2.24, 2.45) is 4.99 Å². The number of urea groups is 1. The van der Waals surface area contributed by atoms with Crippen LogP contribution >= 0.6 is 12.4 Å². The van der Waals surface area contributed by atoms with Gasteiger partial charge in [-0.3, -0.25) is 9.89 Å². The number of hydrogen-bond acceptors (Lipinski definition) is 3. The Bertz CT molecular complexity index is 268. The maximum Gasteiger partial charge on any atom is 0.322 e. The predicted molar refractivity (Wildman–Crippen MR) is 50.6 cm³/mol. The third-order valence-corrected chi connectivity index (χ3v) is 1.30. The average molecular weight is 201 g/mol. The van der Waals surface area contributed by atoms with Crippen LogP contribution in [0.4, 0.5) is 4.79 Å². The molecule has 0 aromatic heterocycles. The minimum atomic E-state index is -0.279. The lowest BCUT2D eigenvalue weighted by Gasteiger charge is -2.16. The van der Waals surface area contributed by atoms with E-state index in [1.807, 2.05) is 6.07 Å². The Morgan fingerprint density at radius 1 is 1.77 bits per heavy atom. The SMILES string of the molecule is Cl.N#CCNC(=O)N1C=CN=CC1. The van der Waals surface area contributed by atoms with Crippen LogP contribution in [-0.4, -0.2) is 30.2 Å². The molecule has 0 bridgehead atoms. The number of rotatable bonds is 1. The van der Waals surface area contributed by atoms with Crippen LogP contribution in [0.3, 0.4) is 0 Å². The number of aliphatic imine (C=N–C) groups is 1. The van der Waals surface area contributed by atoms with Crippen LogP contribution in [0.15, 0.2) is 17.4 Å². The predicted octanol–water partition coefficient (Wildman–Crippen LogP) is 0.499. The van der Waals surface area contributed by atoms with Gasteiger partial charge in [0.15, 0.2) is 0 Å². The average Bonchev–Trinajstić information content (AvgIpc) is 2.15. The topological polar surface area (TPSA) is 68.5 Å². The summed E-state index contributed by atoms with van der Waals surface area (Å²) in [4.78, 5) is 16.3. The van der Waals surface area contributed by atoms with Gasteiger partial charge in [-0.25, -0.2) is 4.79 Å². The number of halogens is 1. The molecular weight excluding hydrogens is 192 g/mol. The van der Waals surface area contributed by atoms with Gasteiger partial charge in [0.2, 0.25) is 0 Å². The fraction of sp³-hybridized carbons (Fsp3) is 0.286. The van der Waals surface area contributed by atoms with Crippen LogP contribution in [0.1, 0.15) is 0 Å². The van der Waals surface area contributed by atoms with Gasteiger partial charge in [-0.1, -0.05) is 0 Å². The Hall–Kier alpha value is -1.54. The van der Waals surface area contributed by atoms with E-state index in [1.54, 1.807) is 12.4 Å². The molecule has 0 atom stereocenters. The molecule has 0 aromatic carbocycles. The molecular formula is C7H9ClN4O. The quantitative estimate of drug-likeness (QED) is 0.627. The molecule has 0 spiro atoms. The van der Waals surface area contributed by atoms with Gasteiger partial charge in [-0.15, -0.1) is 12.4 Å². The van der Waals surface area contributed by atoms with E-state index in [-0.39, 0.29) is 25.0 Å². The number of nitrogens with zero attached hydrogens (tertiary/aromatic N) is 3. The zero-order chi connectivity index (χ0) is 8.81. The molecule has 2 amide bonds. The van der Waals surface area contributed by atoms with Crippen molar-refractivity contribution in [1.82, 2.24) is 10.2 Å². The molecule has 13 heavy (non-hydrogen) atoms. The van der Waals surface area contributed by atoms with Gasteiger partial charge in [-0.2, -0.15) is 5.26 Å². The van der Waals surface area contributed by atoms with Gasteiger partial charge in [0.05, 0.1) is 12.6 Å². The second kappa shape index (κ2) is 6.03. The molecule has 0 aliphatic carbocycles. The second-order valence-electron chi connectivity index (χ2n) is 2.10. The minimum Gasteiger partial charge on any atom is -0.325 e. The monoisotopic (exact) mass is 200 g/mol. The molecule has 0 radical (unpaired) electrons. The first kappa shape index (κ1) is 11.5. The summed E-state index contributed by atoms with van der Waals surface area (Å²) in [5.74, 6) is 0. The zero-order valence-corrected chi connectivity index (χ0v) is 7.62. The van der Waals surface area contributed by atoms with E-state index in [0.29, 0.717) is 6.54 Å². The van der Waals surface area contributed by atoms with Gasteiger partial charge in [0.25, 0.3) is 0 Å². The highest BCUT2D eigenvalue weighted by Crippen LogP contribution is 1.94. The highest BCUT2D eigenvalue weighted by Gasteiger charge is 2.08. The Labute approximate surface area is 82.1 Å². The van der Waals surface area contributed by atoms with Crippen LogP contribution in [0.25, 0.3) is 0 Å². The maximum atomic E-state index is 11.1. The first-order chi connectivity index (χ1) is 5.84. The molecule has 1 heterocycles. The van der Waals surface area contributed by atoms with E-state index in [0.717, 1.165) is 0 Å². The van der Waals surface area contributed by atoms with E-state index >= 15 is 0 Å². The lowest BCUT2D eigenvalue weighted by molar-refractivity contribution is 0.221. The summed E-state index contributed by atoms with van der Waals surface area (Å²) in [6.07, 6.45) is 4.70. The van der Waals surface area contributed by atoms with Crippen LogP contribution in [0.2, 0.25) is 0 Å². The first-order valence-corrected chi connectivity index (χ1v) is 3.44. The largest absolute Gasteiger partial charge is 0.325 e. The molecule has 1 aliphatic rings. The van der Waals surface area contributed by atoms with Crippen molar-refractivity contribution in [2.45, 2.75) is 0 Å². The highest BCUT2D eigenvalue weighted by molar-refractivity contribution is 5.85. The third kappa shape index (κ3) is 3.58. The molecule has 0 fully saturated rings. The summed E-state index contributed by atoms with van der Waals surface area (Å²) in [5, 5.41) is 10.6. The third-order valence-electron chi connectivity index (χ3n) is 1.30. The molecule has 6 heteroatoms. The van der Waals surface area contributed by atoms with Crippen LogP contribution < -0.4 is 5.32 Å². The van der Waals surface area contributed by atoms with Crippen LogP contribution in [0, 0.1) is 11.3 Å². The number of amides is 2. The molecule has 70 valence electrons. The summed E-state index contributed by atoms with van der Waals surface area (Å²) in [5.41, 5.74) is 0. The summed E-state index contributed by atoms with van der Waals surface area (Å²) in [6, 6.07) is 1.54. The standard InChI is InChI=1S/C7H8N4O.ClH/c8-1-2-10-7(12)11-5-3-9-4-6-11;/h3-5H,2,6H2,(H,10,12);1H. The minimum absolute atomic E-state index is 0. The van der Waals surface area contributed by atoms with E-state index in [4.69, 9.17) is 5.26 Å². The Morgan fingerprint density at radius 2 is 2.54 bits per heavy atom. The van der Waals surface area contributed by atoms with E-state index in [1.165, 1.54) is 11.1 Å². The Morgan fingerprint density at radius 3 is 3.08 bits per heavy atom. The molecule has 1 aliphatic heterocycles. The maximum absolute atomic E-state index is 11.1. The fourth-order valence-corrected chi connectivity index (χ4v) is 0.743. The summed E-state index contributed by atoms with van der Waals surface area (Å²) >= 11 is 0. The van der Waals surface area contributed by atoms with E-state index in [9.17, 15) is 4.79 Å². The molecule has 0 aromatic rings. The number of carbonyl (C=O) groups excluding carboxylic acids is 1. The Kier molecular flexibility index (Phi) is 5.32. The fourth-order valence-electron chi connectivity index (χ4n) is 0.743. The molecule has 0 saturated heterocycles.